The zero-order valence-electron chi connectivity index (χ0n) is 9.53. The molecule has 0 rings (SSSR count). The van der Waals surface area contributed by atoms with Gasteiger partial charge >= 0.3 is 11.9 Å². The molecule has 0 saturated carbocycles. The fourth-order valence-corrected chi connectivity index (χ4v) is 0.244. The normalized spacial score (nSPS) is 8.60. The minimum absolute atomic E-state index is 0.176. The lowest BCUT2D eigenvalue weighted by Crippen LogP contribution is -2.18. The number of aliphatic carboxylic acids is 1. The van der Waals surface area contributed by atoms with Crippen LogP contribution in [-0.4, -0.2) is 36.2 Å². The lowest BCUT2D eigenvalue weighted by atomic mass is 10.4. The van der Waals surface area contributed by atoms with Crippen LogP contribution in [-0.2, 0) is 14.4 Å². The molecule has 0 spiro atoms. The molecule has 15 heavy (non-hydrogen) atoms. The van der Waals surface area contributed by atoms with E-state index in [-0.39, 0.29) is 11.5 Å². The van der Waals surface area contributed by atoms with Crippen molar-refractivity contribution in [2.75, 3.05) is 14.1 Å². The van der Waals surface area contributed by atoms with Gasteiger partial charge in [0.05, 0.1) is 0 Å². The van der Waals surface area contributed by atoms with Crippen molar-refractivity contribution >= 4 is 11.9 Å². The molecule has 5 heteroatoms. The Bertz CT molecular complexity index is 257. The van der Waals surface area contributed by atoms with Crippen molar-refractivity contribution in [3.8, 4) is 0 Å². The van der Waals surface area contributed by atoms with Crippen LogP contribution in [0.1, 0.15) is 13.8 Å². The van der Waals surface area contributed by atoms with Gasteiger partial charge in [0.1, 0.15) is 0 Å². The van der Waals surface area contributed by atoms with Gasteiger partial charge in [-0.2, -0.15) is 0 Å². The van der Waals surface area contributed by atoms with Crippen molar-refractivity contribution in [1.82, 2.24) is 5.06 Å². The van der Waals surface area contributed by atoms with Crippen molar-refractivity contribution < 1.29 is 19.5 Å². The number of rotatable bonds is 3. The molecule has 0 aliphatic carbocycles. The summed E-state index contributed by atoms with van der Waals surface area (Å²) in [5.74, 6) is -1.32. The highest BCUT2D eigenvalue weighted by atomic mass is 16.7. The highest BCUT2D eigenvalue weighted by Gasteiger charge is 2.02. The summed E-state index contributed by atoms with van der Waals surface area (Å²) in [6, 6.07) is 0. The first kappa shape index (κ1) is 15.8. The van der Waals surface area contributed by atoms with E-state index in [1.807, 2.05) is 0 Å². The van der Waals surface area contributed by atoms with E-state index in [0.717, 1.165) is 0 Å². The zero-order chi connectivity index (χ0) is 12.6. The number of carboxylic acids is 1. The van der Waals surface area contributed by atoms with Gasteiger partial charge in [0, 0.05) is 25.2 Å². The average Bonchev–Trinajstić information content (AvgIpc) is 2.03. The minimum atomic E-state index is -0.935. The van der Waals surface area contributed by atoms with Gasteiger partial charge in [-0.1, -0.05) is 13.2 Å². The van der Waals surface area contributed by atoms with Crippen LogP contribution >= 0.6 is 0 Å². The van der Waals surface area contributed by atoms with Crippen molar-refractivity contribution in [2.45, 2.75) is 13.8 Å². The van der Waals surface area contributed by atoms with E-state index < -0.39 is 5.97 Å². The lowest BCUT2D eigenvalue weighted by Gasteiger charge is -2.08. The first-order valence-electron chi connectivity index (χ1n) is 4.12. The van der Waals surface area contributed by atoms with Crippen LogP contribution in [0.3, 0.4) is 0 Å². The van der Waals surface area contributed by atoms with Crippen LogP contribution in [0.25, 0.3) is 0 Å². The maximum Gasteiger partial charge on any atom is 0.351 e. The molecular formula is C10H17NO4. The Morgan fingerprint density at radius 3 is 1.53 bits per heavy atom. The Labute approximate surface area is 89.6 Å². The molecule has 0 unspecified atom stereocenters. The van der Waals surface area contributed by atoms with Crippen LogP contribution < -0.4 is 0 Å². The monoisotopic (exact) mass is 215 g/mol. The number of carbonyl (C=O) groups is 2. The predicted octanol–water partition coefficient (Wildman–Crippen LogP) is 1.23. The van der Waals surface area contributed by atoms with Crippen molar-refractivity contribution in [3.63, 3.8) is 0 Å². The Hall–Kier alpha value is -1.62. The maximum absolute atomic E-state index is 10.6. The van der Waals surface area contributed by atoms with Crippen molar-refractivity contribution in [2.24, 2.45) is 0 Å². The summed E-state index contributed by atoms with van der Waals surface area (Å²) < 4.78 is 0. The third kappa shape index (κ3) is 12.4. The molecule has 0 radical (unpaired) electrons. The smallest absolute Gasteiger partial charge is 0.351 e. The minimum Gasteiger partial charge on any atom is -0.478 e. The molecule has 5 nitrogen and oxygen atoms in total. The Balaban J connectivity index is 0. The van der Waals surface area contributed by atoms with Gasteiger partial charge in [0.25, 0.3) is 0 Å². The molecule has 1 N–H and O–H groups in total. The van der Waals surface area contributed by atoms with E-state index in [0.29, 0.717) is 5.57 Å². The Morgan fingerprint density at radius 2 is 1.47 bits per heavy atom. The highest BCUT2D eigenvalue weighted by molar-refractivity contribution is 5.86. The SMILES string of the molecule is C=C(C)C(=O)O.C=C(C)C(=O)ON(C)C. The summed E-state index contributed by atoms with van der Waals surface area (Å²) in [7, 11) is 3.28. The summed E-state index contributed by atoms with van der Waals surface area (Å²) in [5.41, 5.74) is 0.582. The van der Waals surface area contributed by atoms with Gasteiger partial charge < -0.3 is 9.94 Å². The first-order valence-corrected chi connectivity index (χ1v) is 4.12. The molecule has 0 bridgehead atoms. The van der Waals surface area contributed by atoms with Gasteiger partial charge in [-0.3, -0.25) is 0 Å². The standard InChI is InChI=1S/C6H11NO2.C4H6O2/c1-5(2)6(8)9-7(3)4;1-3(2)4(5)6/h1H2,2-4H3;1H2,2H3,(H,5,6). The molecule has 0 amide bonds. The molecule has 86 valence electrons. The van der Waals surface area contributed by atoms with Crippen molar-refractivity contribution in [1.29, 1.82) is 0 Å². The maximum atomic E-state index is 10.6. The number of hydrogen-bond donors (Lipinski definition) is 1. The number of hydrogen-bond acceptors (Lipinski definition) is 4. The van der Waals surface area contributed by atoms with E-state index in [1.54, 1.807) is 21.0 Å². The molecular weight excluding hydrogens is 198 g/mol. The summed E-state index contributed by atoms with van der Waals surface area (Å²) in [6.07, 6.45) is 0. The van der Waals surface area contributed by atoms with Gasteiger partial charge in [-0.15, -0.1) is 5.06 Å². The predicted molar refractivity (Wildman–Crippen MR) is 57.0 cm³/mol. The van der Waals surface area contributed by atoms with E-state index >= 15 is 0 Å². The van der Waals surface area contributed by atoms with Gasteiger partial charge in [-0.05, 0) is 13.8 Å². The van der Waals surface area contributed by atoms with Crippen molar-refractivity contribution in [3.05, 3.63) is 24.3 Å². The topological polar surface area (TPSA) is 66.8 Å². The number of nitrogens with zero attached hydrogens (tertiary/aromatic N) is 1. The first-order chi connectivity index (χ1) is 6.68. The van der Waals surface area contributed by atoms with E-state index in [9.17, 15) is 9.59 Å². The molecule has 0 aliphatic rings. The summed E-state index contributed by atoms with van der Waals surface area (Å²) in [6.45, 7) is 9.61. The van der Waals surface area contributed by atoms with Crippen LogP contribution in [0.2, 0.25) is 0 Å². The summed E-state index contributed by atoms with van der Waals surface area (Å²) in [4.78, 5) is 24.8. The van der Waals surface area contributed by atoms with E-state index in [2.05, 4.69) is 18.0 Å². The number of carboxylic acid groups (broad SMARTS) is 1. The molecule has 0 saturated heterocycles. The van der Waals surface area contributed by atoms with E-state index in [1.165, 1.54) is 12.0 Å². The Kier molecular flexibility index (Phi) is 8.18. The molecule has 0 aliphatic heterocycles. The number of hydroxylamine groups is 2. The van der Waals surface area contributed by atoms with Gasteiger partial charge in [0.15, 0.2) is 0 Å². The van der Waals surface area contributed by atoms with Crippen LogP contribution in [0, 0.1) is 0 Å². The molecule has 0 aromatic carbocycles. The fourth-order valence-electron chi connectivity index (χ4n) is 0.244. The fraction of sp³-hybridized carbons (Fsp3) is 0.400. The molecule has 0 aromatic heterocycles. The molecule has 0 atom stereocenters. The second-order valence-electron chi connectivity index (χ2n) is 3.06. The van der Waals surface area contributed by atoms with Crippen LogP contribution in [0.15, 0.2) is 24.3 Å². The van der Waals surface area contributed by atoms with Crippen LogP contribution in [0.4, 0.5) is 0 Å². The molecule has 0 heterocycles. The second kappa shape index (κ2) is 7.75. The number of carbonyl (C=O) groups excluding carboxylic acids is 1. The zero-order valence-corrected chi connectivity index (χ0v) is 9.53. The largest absolute Gasteiger partial charge is 0.478 e. The average molecular weight is 215 g/mol. The van der Waals surface area contributed by atoms with Gasteiger partial charge in [0.2, 0.25) is 0 Å². The summed E-state index contributed by atoms with van der Waals surface area (Å²) >= 11 is 0. The summed E-state index contributed by atoms with van der Waals surface area (Å²) in [5, 5.41) is 9.22. The lowest BCUT2D eigenvalue weighted by molar-refractivity contribution is -0.172. The van der Waals surface area contributed by atoms with Gasteiger partial charge in [-0.25, -0.2) is 9.59 Å². The third-order valence-electron chi connectivity index (χ3n) is 0.979. The quantitative estimate of drug-likeness (QED) is 0.566. The third-order valence-corrected chi connectivity index (χ3v) is 0.979. The van der Waals surface area contributed by atoms with Crippen LogP contribution in [0.5, 0.6) is 0 Å². The molecule has 0 aromatic rings. The van der Waals surface area contributed by atoms with E-state index in [4.69, 9.17) is 5.11 Å². The molecule has 0 fully saturated rings. The second-order valence-corrected chi connectivity index (χ2v) is 3.06. The Morgan fingerprint density at radius 1 is 1.13 bits per heavy atom. The highest BCUT2D eigenvalue weighted by Crippen LogP contribution is 1.91.